The number of ether oxygens (including phenoxy) is 1. The van der Waals surface area contributed by atoms with E-state index in [0.717, 1.165) is 25.7 Å². The van der Waals surface area contributed by atoms with E-state index in [9.17, 15) is 9.59 Å². The quantitative estimate of drug-likeness (QED) is 0.841. The number of Topliss-reactive ketones (excluding diaryl/α,β-unsaturated/α-hetero) is 1. The van der Waals surface area contributed by atoms with Crippen molar-refractivity contribution in [3.05, 3.63) is 35.9 Å². The summed E-state index contributed by atoms with van der Waals surface area (Å²) in [5.41, 5.74) is 1.25. The van der Waals surface area contributed by atoms with Crippen molar-refractivity contribution >= 4 is 11.9 Å². The van der Waals surface area contributed by atoms with E-state index in [0.29, 0.717) is 25.2 Å². The van der Waals surface area contributed by atoms with Crippen molar-refractivity contribution in [1.29, 1.82) is 0 Å². The van der Waals surface area contributed by atoms with Crippen LogP contribution in [-0.2, 0) is 16.0 Å². The molecular formula is C16H21NO3. The predicted molar refractivity (Wildman–Crippen MR) is 76.5 cm³/mol. The largest absolute Gasteiger partial charge is 0.450 e. The smallest absolute Gasteiger partial charge is 0.407 e. The van der Waals surface area contributed by atoms with Crippen LogP contribution in [-0.4, -0.2) is 24.5 Å². The van der Waals surface area contributed by atoms with Gasteiger partial charge in [0.15, 0.2) is 0 Å². The topological polar surface area (TPSA) is 55.4 Å². The lowest BCUT2D eigenvalue weighted by atomic mass is 9.95. The molecule has 4 nitrogen and oxygen atoms in total. The van der Waals surface area contributed by atoms with Crippen LogP contribution >= 0.6 is 0 Å². The van der Waals surface area contributed by atoms with Gasteiger partial charge in [-0.05, 0) is 31.2 Å². The summed E-state index contributed by atoms with van der Waals surface area (Å²) in [5, 5.41) is 2.82. The summed E-state index contributed by atoms with van der Waals surface area (Å²) in [6, 6.07) is 10.2. The molecule has 1 aromatic rings. The molecule has 108 valence electrons. The van der Waals surface area contributed by atoms with Crippen LogP contribution in [0.4, 0.5) is 4.79 Å². The molecule has 0 unspecified atom stereocenters. The highest BCUT2D eigenvalue weighted by Crippen LogP contribution is 2.14. The van der Waals surface area contributed by atoms with Crippen LogP contribution in [0.1, 0.15) is 37.7 Å². The Morgan fingerprint density at radius 3 is 2.60 bits per heavy atom. The third kappa shape index (κ3) is 5.03. The highest BCUT2D eigenvalue weighted by molar-refractivity contribution is 5.79. The van der Waals surface area contributed by atoms with Crippen LogP contribution < -0.4 is 5.32 Å². The van der Waals surface area contributed by atoms with Gasteiger partial charge in [0.05, 0.1) is 6.61 Å². The summed E-state index contributed by atoms with van der Waals surface area (Å²) < 4.78 is 5.16. The first-order valence-electron chi connectivity index (χ1n) is 7.23. The minimum Gasteiger partial charge on any atom is -0.450 e. The fourth-order valence-electron chi connectivity index (χ4n) is 2.38. The fraction of sp³-hybridized carbons (Fsp3) is 0.500. The molecule has 0 bridgehead atoms. The molecule has 4 heteroatoms. The molecule has 1 N–H and O–H groups in total. The van der Waals surface area contributed by atoms with Crippen LogP contribution in [0.2, 0.25) is 0 Å². The summed E-state index contributed by atoms with van der Waals surface area (Å²) in [4.78, 5) is 22.7. The highest BCUT2D eigenvalue weighted by atomic mass is 16.5. The molecule has 1 fully saturated rings. The Morgan fingerprint density at radius 2 is 1.90 bits per heavy atom. The number of hydrogen-bond acceptors (Lipinski definition) is 3. The van der Waals surface area contributed by atoms with Crippen molar-refractivity contribution in [3.63, 3.8) is 0 Å². The molecule has 0 aliphatic heterocycles. The van der Waals surface area contributed by atoms with Gasteiger partial charge in [-0.2, -0.15) is 0 Å². The zero-order valence-electron chi connectivity index (χ0n) is 11.6. The van der Waals surface area contributed by atoms with Crippen molar-refractivity contribution in [2.75, 3.05) is 6.61 Å². The number of aryl methyl sites for hydroxylation is 1. The molecule has 1 amide bonds. The van der Waals surface area contributed by atoms with Gasteiger partial charge in [-0.25, -0.2) is 4.79 Å². The molecule has 2 rings (SSSR count). The average Bonchev–Trinajstić information content (AvgIpc) is 2.47. The molecule has 0 aromatic heterocycles. The summed E-state index contributed by atoms with van der Waals surface area (Å²) in [5.74, 6) is 0.291. The van der Waals surface area contributed by atoms with E-state index >= 15 is 0 Å². The van der Waals surface area contributed by atoms with Crippen LogP contribution in [0.15, 0.2) is 30.3 Å². The number of amides is 1. The van der Waals surface area contributed by atoms with E-state index in [1.54, 1.807) is 0 Å². The lowest BCUT2D eigenvalue weighted by molar-refractivity contribution is -0.120. The van der Waals surface area contributed by atoms with Gasteiger partial charge in [0.25, 0.3) is 0 Å². The van der Waals surface area contributed by atoms with Gasteiger partial charge in [-0.15, -0.1) is 0 Å². The Kier molecular flexibility index (Phi) is 5.59. The molecule has 0 atom stereocenters. The number of ketones is 1. The summed E-state index contributed by atoms with van der Waals surface area (Å²) >= 11 is 0. The molecular weight excluding hydrogens is 254 g/mol. The third-order valence-electron chi connectivity index (χ3n) is 3.55. The number of hydrogen-bond donors (Lipinski definition) is 1. The van der Waals surface area contributed by atoms with E-state index < -0.39 is 0 Å². The third-order valence-corrected chi connectivity index (χ3v) is 3.55. The van der Waals surface area contributed by atoms with Crippen LogP contribution in [0.5, 0.6) is 0 Å². The maximum absolute atomic E-state index is 11.6. The second-order valence-corrected chi connectivity index (χ2v) is 5.18. The van der Waals surface area contributed by atoms with Gasteiger partial charge in [0, 0.05) is 18.9 Å². The standard InChI is InChI=1S/C16H21NO3/c18-15-10-8-14(9-11-15)17-16(19)20-12-4-7-13-5-2-1-3-6-13/h1-3,5-6,14H,4,7-12H2,(H,17,19). The first-order chi connectivity index (χ1) is 9.74. The maximum Gasteiger partial charge on any atom is 0.407 e. The number of benzene rings is 1. The molecule has 0 heterocycles. The lowest BCUT2D eigenvalue weighted by Crippen LogP contribution is -2.38. The Hall–Kier alpha value is -1.84. The minimum atomic E-state index is -0.364. The summed E-state index contributed by atoms with van der Waals surface area (Å²) in [6.07, 6.45) is 3.97. The van der Waals surface area contributed by atoms with E-state index in [-0.39, 0.29) is 12.1 Å². The van der Waals surface area contributed by atoms with Gasteiger partial charge in [0.1, 0.15) is 5.78 Å². The Morgan fingerprint density at radius 1 is 1.20 bits per heavy atom. The van der Waals surface area contributed by atoms with Crippen LogP contribution in [0.3, 0.4) is 0 Å². The van der Waals surface area contributed by atoms with Crippen LogP contribution in [0.25, 0.3) is 0 Å². The molecule has 1 aliphatic rings. The Labute approximate surface area is 119 Å². The molecule has 20 heavy (non-hydrogen) atoms. The monoisotopic (exact) mass is 275 g/mol. The molecule has 0 saturated heterocycles. The van der Waals surface area contributed by atoms with E-state index in [1.807, 2.05) is 18.2 Å². The predicted octanol–water partition coefficient (Wildman–Crippen LogP) is 2.86. The molecule has 1 aliphatic carbocycles. The number of nitrogens with one attached hydrogen (secondary N) is 1. The first-order valence-corrected chi connectivity index (χ1v) is 7.23. The molecule has 0 spiro atoms. The van der Waals surface area contributed by atoms with Crippen molar-refractivity contribution in [2.45, 2.75) is 44.6 Å². The fourth-order valence-corrected chi connectivity index (χ4v) is 2.38. The van der Waals surface area contributed by atoms with Gasteiger partial charge in [-0.3, -0.25) is 4.79 Å². The lowest BCUT2D eigenvalue weighted by Gasteiger charge is -2.21. The van der Waals surface area contributed by atoms with Gasteiger partial charge in [0.2, 0.25) is 0 Å². The van der Waals surface area contributed by atoms with Crippen molar-refractivity contribution in [2.24, 2.45) is 0 Å². The van der Waals surface area contributed by atoms with Crippen molar-refractivity contribution in [1.82, 2.24) is 5.32 Å². The first kappa shape index (κ1) is 14.6. The van der Waals surface area contributed by atoms with E-state index in [2.05, 4.69) is 17.4 Å². The Bertz CT molecular complexity index is 434. The van der Waals surface area contributed by atoms with E-state index in [1.165, 1.54) is 5.56 Å². The summed E-state index contributed by atoms with van der Waals surface area (Å²) in [6.45, 7) is 0.423. The number of rotatable bonds is 5. The van der Waals surface area contributed by atoms with Crippen molar-refractivity contribution in [3.8, 4) is 0 Å². The minimum absolute atomic E-state index is 0.0920. The van der Waals surface area contributed by atoms with Crippen LogP contribution in [0, 0.1) is 0 Å². The Balaban J connectivity index is 1.57. The second-order valence-electron chi connectivity index (χ2n) is 5.18. The molecule has 1 saturated carbocycles. The average molecular weight is 275 g/mol. The SMILES string of the molecule is O=C1CCC(NC(=O)OCCCc2ccccc2)CC1. The second kappa shape index (κ2) is 7.68. The number of carbonyl (C=O) groups excluding carboxylic acids is 2. The van der Waals surface area contributed by atoms with Gasteiger partial charge < -0.3 is 10.1 Å². The normalized spacial score (nSPS) is 15.9. The van der Waals surface area contributed by atoms with E-state index in [4.69, 9.17) is 4.74 Å². The summed E-state index contributed by atoms with van der Waals surface area (Å²) in [7, 11) is 0. The maximum atomic E-state index is 11.6. The van der Waals surface area contributed by atoms with Gasteiger partial charge in [-0.1, -0.05) is 30.3 Å². The zero-order chi connectivity index (χ0) is 14.2. The molecule has 0 radical (unpaired) electrons. The van der Waals surface area contributed by atoms with Crippen molar-refractivity contribution < 1.29 is 14.3 Å². The van der Waals surface area contributed by atoms with Gasteiger partial charge >= 0.3 is 6.09 Å². The number of carbonyl (C=O) groups is 2. The molecule has 1 aromatic carbocycles. The number of alkyl carbamates (subject to hydrolysis) is 1. The highest BCUT2D eigenvalue weighted by Gasteiger charge is 2.20. The zero-order valence-corrected chi connectivity index (χ0v) is 11.6.